The number of aryl methyl sites for hydroxylation is 1. The molecule has 0 unspecified atom stereocenters. The summed E-state index contributed by atoms with van der Waals surface area (Å²) < 4.78 is 62.6. The van der Waals surface area contributed by atoms with Crippen molar-refractivity contribution in [2.75, 3.05) is 38.1 Å². The number of carbonyl (C=O) groups excluding carboxylic acids is 1. The highest BCUT2D eigenvalue weighted by Gasteiger charge is 2.38. The highest BCUT2D eigenvalue weighted by molar-refractivity contribution is 5.92. The minimum absolute atomic E-state index is 0.154. The number of amides is 1. The van der Waals surface area contributed by atoms with Gasteiger partial charge in [-0.15, -0.1) is 0 Å². The zero-order valence-electron chi connectivity index (χ0n) is 21.4. The number of anilines is 1. The normalized spacial score (nSPS) is 16.7. The minimum atomic E-state index is -4.84. The largest absolute Gasteiger partial charge is 0.435 e. The molecule has 0 radical (unpaired) electrons. The fraction of sp³-hybridized carbons (Fsp3) is 0.391. The molecule has 0 atom stereocenters. The van der Waals surface area contributed by atoms with E-state index in [-0.39, 0.29) is 24.3 Å². The molecule has 11 heteroatoms. The first-order valence-electron chi connectivity index (χ1n) is 12.2. The van der Waals surface area contributed by atoms with E-state index in [2.05, 4.69) is 19.9 Å². The molecule has 1 amide bonds. The second kappa shape index (κ2) is 9.41. The smallest absolute Gasteiger partial charge is 0.367 e. The summed E-state index contributed by atoms with van der Waals surface area (Å²) in [7, 11) is 0. The molecule has 0 saturated carbocycles. The number of hydrogen-bond donors (Lipinski definition) is 2. The number of piperazine rings is 1. The number of hydrogen-bond acceptors (Lipinski definition) is 6. The average molecular weight is 478 g/mol. The molecule has 0 aliphatic carbocycles. The van der Waals surface area contributed by atoms with Crippen molar-refractivity contribution in [1.29, 1.82) is 0 Å². The molecule has 1 fully saturated rings. The van der Waals surface area contributed by atoms with Crippen molar-refractivity contribution < 1.29 is 22.1 Å². The quantitative estimate of drug-likeness (QED) is 0.587. The van der Waals surface area contributed by atoms with Gasteiger partial charge in [-0.05, 0) is 36.2 Å². The van der Waals surface area contributed by atoms with E-state index >= 15 is 0 Å². The molecule has 1 aliphatic rings. The highest BCUT2D eigenvalue weighted by atomic mass is 19.4. The van der Waals surface area contributed by atoms with Crippen LogP contribution >= 0.6 is 0 Å². The number of aromatic amines is 1. The fourth-order valence-corrected chi connectivity index (χ4v) is 4.03. The van der Waals surface area contributed by atoms with E-state index in [1.807, 2.05) is 13.0 Å². The lowest BCUT2D eigenvalue weighted by molar-refractivity contribution is -0.140. The Morgan fingerprint density at radius 2 is 2.00 bits per heavy atom. The molecule has 0 bridgehead atoms. The van der Waals surface area contributed by atoms with E-state index in [0.29, 0.717) is 42.7 Å². The number of fused-ring (bicyclic) bond motifs is 1. The standard InChI is InChI=1S/C23H25F3N6O2/c1-3-15-11-17-18(30-21(15)33)10-14(12-28-17)13-31-6-8-32(9-7-31)19-5-4-16(22(34)27-2)29-20(19)23(24,25)26/h4-5,10-12H,3,6-9,13H2,1-2H3,(H,27,34)(H,30,33)/i2D3. The predicted octanol–water partition coefficient (Wildman–Crippen LogP) is 2.58. The summed E-state index contributed by atoms with van der Waals surface area (Å²) in [5, 5.41) is 1.65. The van der Waals surface area contributed by atoms with Gasteiger partial charge in [0.1, 0.15) is 5.69 Å². The molecule has 1 aliphatic heterocycles. The topological polar surface area (TPSA) is 94.2 Å². The number of halogens is 3. The number of carbonyl (C=O) groups is 1. The molecule has 8 nitrogen and oxygen atoms in total. The molecule has 0 aromatic carbocycles. The van der Waals surface area contributed by atoms with Crippen LogP contribution in [0.3, 0.4) is 0 Å². The molecule has 4 rings (SSSR count). The van der Waals surface area contributed by atoms with Gasteiger partial charge in [-0.3, -0.25) is 19.5 Å². The molecule has 4 heterocycles. The Morgan fingerprint density at radius 3 is 2.68 bits per heavy atom. The lowest BCUT2D eigenvalue weighted by atomic mass is 10.1. The lowest BCUT2D eigenvalue weighted by Crippen LogP contribution is -2.46. The molecule has 2 N–H and O–H groups in total. The first kappa shape index (κ1) is 20.0. The maximum absolute atomic E-state index is 13.8. The Kier molecular flexibility index (Phi) is 5.52. The van der Waals surface area contributed by atoms with Gasteiger partial charge < -0.3 is 15.2 Å². The van der Waals surface area contributed by atoms with Crippen LogP contribution < -0.4 is 15.8 Å². The number of nitrogens with one attached hydrogen (secondary N) is 2. The third-order valence-corrected chi connectivity index (χ3v) is 5.81. The first-order chi connectivity index (χ1) is 17.3. The van der Waals surface area contributed by atoms with Crippen LogP contribution in [0.2, 0.25) is 0 Å². The van der Waals surface area contributed by atoms with Gasteiger partial charge in [-0.2, -0.15) is 13.2 Å². The SMILES string of the molecule is [2H]C([2H])([2H])NC(=O)c1ccc(N2CCN(Cc3cnc4cc(CC)c(=O)[nH]c4c3)CC2)c(C(F)(F)F)n1. The van der Waals surface area contributed by atoms with Crippen molar-refractivity contribution in [2.24, 2.45) is 0 Å². The molecule has 3 aromatic rings. The summed E-state index contributed by atoms with van der Waals surface area (Å²) in [6.07, 6.45) is -2.52. The van der Waals surface area contributed by atoms with Crippen LogP contribution in [-0.4, -0.2) is 58.9 Å². The number of pyridine rings is 3. The molecule has 34 heavy (non-hydrogen) atoms. The maximum atomic E-state index is 13.8. The Hall–Kier alpha value is -3.47. The third kappa shape index (κ3) is 4.89. The molecule has 1 saturated heterocycles. The lowest BCUT2D eigenvalue weighted by Gasteiger charge is -2.36. The van der Waals surface area contributed by atoms with Crippen LogP contribution in [-0.2, 0) is 19.1 Å². The first-order valence-corrected chi connectivity index (χ1v) is 10.7. The molecule has 0 spiro atoms. The summed E-state index contributed by atoms with van der Waals surface area (Å²) in [5.74, 6) is -1.21. The van der Waals surface area contributed by atoms with E-state index in [9.17, 15) is 22.8 Å². The van der Waals surface area contributed by atoms with Gasteiger partial charge in [0, 0.05) is 55.6 Å². The zero-order chi connectivity index (χ0) is 27.0. The van der Waals surface area contributed by atoms with Crippen LogP contribution in [0.25, 0.3) is 11.0 Å². The number of aromatic nitrogens is 3. The van der Waals surface area contributed by atoms with Crippen molar-refractivity contribution >= 4 is 22.6 Å². The van der Waals surface area contributed by atoms with Gasteiger partial charge in [-0.1, -0.05) is 6.92 Å². The molecule has 3 aromatic heterocycles. The van der Waals surface area contributed by atoms with E-state index in [0.717, 1.165) is 17.7 Å². The highest BCUT2D eigenvalue weighted by Crippen LogP contribution is 2.35. The van der Waals surface area contributed by atoms with Crippen LogP contribution in [0.15, 0.2) is 35.3 Å². The van der Waals surface area contributed by atoms with E-state index in [1.165, 1.54) is 0 Å². The summed E-state index contributed by atoms with van der Waals surface area (Å²) in [4.78, 5) is 38.5. The number of alkyl halides is 3. The molecular weight excluding hydrogens is 449 g/mol. The number of H-pyrrole nitrogens is 1. The van der Waals surface area contributed by atoms with Crippen LogP contribution in [0.4, 0.5) is 18.9 Å². The van der Waals surface area contributed by atoms with Crippen molar-refractivity contribution in [2.45, 2.75) is 26.1 Å². The van der Waals surface area contributed by atoms with E-state index < -0.39 is 30.4 Å². The number of rotatable bonds is 5. The van der Waals surface area contributed by atoms with Crippen LogP contribution in [0, 0.1) is 0 Å². The Morgan fingerprint density at radius 1 is 1.24 bits per heavy atom. The van der Waals surface area contributed by atoms with Gasteiger partial charge in [0.25, 0.3) is 11.5 Å². The van der Waals surface area contributed by atoms with Gasteiger partial charge in [0.2, 0.25) is 0 Å². The summed E-state index contributed by atoms with van der Waals surface area (Å²) in [6.45, 7) is 1.04. The third-order valence-electron chi connectivity index (χ3n) is 5.81. The Labute approximate surface area is 198 Å². The Balaban J connectivity index is 1.47. The van der Waals surface area contributed by atoms with Gasteiger partial charge in [0.15, 0.2) is 5.69 Å². The van der Waals surface area contributed by atoms with Gasteiger partial charge in [0.05, 0.1) is 16.7 Å². The van der Waals surface area contributed by atoms with Crippen molar-refractivity contribution in [3.05, 3.63) is 63.3 Å². The number of nitrogens with zero attached hydrogens (tertiary/aromatic N) is 4. The minimum Gasteiger partial charge on any atom is -0.367 e. The van der Waals surface area contributed by atoms with E-state index in [1.54, 1.807) is 22.5 Å². The van der Waals surface area contributed by atoms with Crippen molar-refractivity contribution in [3.8, 4) is 0 Å². The summed E-state index contributed by atoms with van der Waals surface area (Å²) >= 11 is 0. The predicted molar refractivity (Wildman–Crippen MR) is 122 cm³/mol. The summed E-state index contributed by atoms with van der Waals surface area (Å²) in [5.41, 5.74) is 0.639. The van der Waals surface area contributed by atoms with Crippen LogP contribution in [0.5, 0.6) is 0 Å². The zero-order valence-corrected chi connectivity index (χ0v) is 18.4. The average Bonchev–Trinajstić information content (AvgIpc) is 2.82. The van der Waals surface area contributed by atoms with Crippen molar-refractivity contribution in [3.63, 3.8) is 0 Å². The van der Waals surface area contributed by atoms with Crippen LogP contribution in [0.1, 0.15) is 38.3 Å². The molecular formula is C23H25F3N6O2. The van der Waals surface area contributed by atoms with Crippen molar-refractivity contribution in [1.82, 2.24) is 25.2 Å². The summed E-state index contributed by atoms with van der Waals surface area (Å²) in [6, 6.07) is 5.85. The maximum Gasteiger partial charge on any atom is 0.435 e. The van der Waals surface area contributed by atoms with Gasteiger partial charge in [-0.25, -0.2) is 4.98 Å². The second-order valence-electron chi connectivity index (χ2n) is 8.03. The fourth-order valence-electron chi connectivity index (χ4n) is 4.03. The van der Waals surface area contributed by atoms with Gasteiger partial charge >= 0.3 is 6.18 Å². The molecule has 180 valence electrons. The van der Waals surface area contributed by atoms with E-state index in [4.69, 9.17) is 4.11 Å². The monoisotopic (exact) mass is 477 g/mol. The second-order valence-corrected chi connectivity index (χ2v) is 8.03. The Bertz CT molecular complexity index is 1370.